The zero-order valence-electron chi connectivity index (χ0n) is 15.9. The summed E-state index contributed by atoms with van der Waals surface area (Å²) in [5.41, 5.74) is 0. The van der Waals surface area contributed by atoms with Gasteiger partial charge in [0.05, 0.1) is 20.3 Å². The SMILES string of the molecule is COc1ccccc1OC1CCN(C(=O)[C@@H](C)CN2CCOCC2)CC1. The molecule has 144 valence electrons. The van der Waals surface area contributed by atoms with E-state index in [2.05, 4.69) is 4.90 Å². The summed E-state index contributed by atoms with van der Waals surface area (Å²) in [5, 5.41) is 0. The van der Waals surface area contributed by atoms with Crippen LogP contribution >= 0.6 is 0 Å². The normalized spacial score (nSPS) is 20.6. The van der Waals surface area contributed by atoms with Crippen LogP contribution in [0, 0.1) is 5.92 Å². The fourth-order valence-electron chi connectivity index (χ4n) is 3.65. The predicted molar refractivity (Wildman–Crippen MR) is 99.6 cm³/mol. The van der Waals surface area contributed by atoms with Crippen molar-refractivity contribution >= 4 is 5.91 Å². The van der Waals surface area contributed by atoms with Crippen LogP contribution in [-0.2, 0) is 9.53 Å². The Kier molecular flexibility index (Phi) is 6.74. The lowest BCUT2D eigenvalue weighted by Gasteiger charge is -2.35. The molecule has 0 spiro atoms. The zero-order chi connectivity index (χ0) is 18.4. The number of para-hydroxylation sites is 2. The molecule has 2 aliphatic heterocycles. The Morgan fingerprint density at radius 1 is 1.15 bits per heavy atom. The lowest BCUT2D eigenvalue weighted by molar-refractivity contribution is -0.137. The Morgan fingerprint density at radius 3 is 2.46 bits per heavy atom. The minimum absolute atomic E-state index is 0.0276. The van der Waals surface area contributed by atoms with Crippen molar-refractivity contribution in [1.29, 1.82) is 0 Å². The maximum atomic E-state index is 12.7. The molecule has 2 heterocycles. The smallest absolute Gasteiger partial charge is 0.226 e. The van der Waals surface area contributed by atoms with E-state index in [1.54, 1.807) is 7.11 Å². The molecule has 1 aromatic carbocycles. The van der Waals surface area contributed by atoms with Gasteiger partial charge in [0.2, 0.25) is 5.91 Å². The zero-order valence-corrected chi connectivity index (χ0v) is 15.9. The van der Waals surface area contributed by atoms with Crippen LogP contribution in [0.4, 0.5) is 0 Å². The summed E-state index contributed by atoms with van der Waals surface area (Å²) in [6, 6.07) is 7.72. The van der Waals surface area contributed by atoms with E-state index in [0.29, 0.717) is 0 Å². The van der Waals surface area contributed by atoms with Crippen LogP contribution in [0.15, 0.2) is 24.3 Å². The first-order valence-electron chi connectivity index (χ1n) is 9.56. The van der Waals surface area contributed by atoms with Crippen LogP contribution in [0.3, 0.4) is 0 Å². The average Bonchev–Trinajstić information content (AvgIpc) is 2.69. The van der Waals surface area contributed by atoms with Crippen LogP contribution in [0.2, 0.25) is 0 Å². The van der Waals surface area contributed by atoms with E-state index >= 15 is 0 Å². The minimum Gasteiger partial charge on any atom is -0.493 e. The maximum Gasteiger partial charge on any atom is 0.226 e. The molecule has 1 amide bonds. The molecule has 1 aromatic rings. The van der Waals surface area contributed by atoms with E-state index in [9.17, 15) is 4.79 Å². The number of hydrogen-bond donors (Lipinski definition) is 0. The number of ether oxygens (including phenoxy) is 3. The van der Waals surface area contributed by atoms with E-state index < -0.39 is 0 Å². The molecule has 0 aliphatic carbocycles. The molecule has 0 unspecified atom stereocenters. The highest BCUT2D eigenvalue weighted by Gasteiger charge is 2.28. The van der Waals surface area contributed by atoms with Crippen LogP contribution in [0.5, 0.6) is 11.5 Å². The molecule has 2 aliphatic rings. The number of likely N-dealkylation sites (tertiary alicyclic amines) is 1. The van der Waals surface area contributed by atoms with Crippen molar-refractivity contribution in [3.8, 4) is 11.5 Å². The Balaban J connectivity index is 1.46. The first-order chi connectivity index (χ1) is 12.7. The van der Waals surface area contributed by atoms with Gasteiger partial charge in [-0.15, -0.1) is 0 Å². The van der Waals surface area contributed by atoms with Crippen LogP contribution in [0.25, 0.3) is 0 Å². The number of hydrogen-bond acceptors (Lipinski definition) is 5. The van der Waals surface area contributed by atoms with Crippen molar-refractivity contribution in [3.05, 3.63) is 24.3 Å². The third-order valence-corrected chi connectivity index (χ3v) is 5.17. The van der Waals surface area contributed by atoms with Gasteiger partial charge in [0, 0.05) is 51.5 Å². The Labute approximate surface area is 156 Å². The lowest BCUT2D eigenvalue weighted by atomic mass is 10.0. The van der Waals surface area contributed by atoms with Crippen molar-refractivity contribution in [2.24, 2.45) is 5.92 Å². The van der Waals surface area contributed by atoms with E-state index in [1.807, 2.05) is 36.1 Å². The number of nitrogens with zero attached hydrogens (tertiary/aromatic N) is 2. The number of methoxy groups -OCH3 is 1. The molecular weight excluding hydrogens is 332 g/mol. The summed E-state index contributed by atoms with van der Waals surface area (Å²) in [4.78, 5) is 17.1. The van der Waals surface area contributed by atoms with Gasteiger partial charge >= 0.3 is 0 Å². The number of carbonyl (C=O) groups excluding carboxylic acids is 1. The van der Waals surface area contributed by atoms with Gasteiger partial charge < -0.3 is 19.1 Å². The number of piperidine rings is 1. The Morgan fingerprint density at radius 2 is 1.81 bits per heavy atom. The molecule has 2 saturated heterocycles. The summed E-state index contributed by atoms with van der Waals surface area (Å²) >= 11 is 0. The maximum absolute atomic E-state index is 12.7. The quantitative estimate of drug-likeness (QED) is 0.775. The fraction of sp³-hybridized carbons (Fsp3) is 0.650. The number of rotatable bonds is 6. The average molecular weight is 362 g/mol. The fourth-order valence-corrected chi connectivity index (χ4v) is 3.65. The third-order valence-electron chi connectivity index (χ3n) is 5.17. The molecule has 0 saturated carbocycles. The molecule has 1 atom stereocenters. The molecule has 0 aromatic heterocycles. The molecule has 0 bridgehead atoms. The summed E-state index contributed by atoms with van der Waals surface area (Å²) < 4.78 is 16.8. The van der Waals surface area contributed by atoms with Crippen LogP contribution < -0.4 is 9.47 Å². The standard InChI is InChI=1S/C20H30N2O4/c1-16(15-21-11-13-25-14-12-21)20(23)22-9-7-17(8-10-22)26-19-6-4-3-5-18(19)24-2/h3-6,16-17H,7-15H2,1-2H3/t16-/m0/s1. The second kappa shape index (κ2) is 9.24. The first kappa shape index (κ1) is 19.0. The molecule has 2 fully saturated rings. The van der Waals surface area contributed by atoms with Crippen LogP contribution in [-0.4, -0.2) is 74.9 Å². The number of amides is 1. The van der Waals surface area contributed by atoms with Crippen molar-refractivity contribution in [3.63, 3.8) is 0 Å². The van der Waals surface area contributed by atoms with Gasteiger partial charge in [-0.3, -0.25) is 9.69 Å². The lowest BCUT2D eigenvalue weighted by Crippen LogP contribution is -2.47. The third kappa shape index (κ3) is 4.89. The highest BCUT2D eigenvalue weighted by atomic mass is 16.5. The molecule has 6 heteroatoms. The van der Waals surface area contributed by atoms with Crippen molar-refractivity contribution < 1.29 is 19.0 Å². The van der Waals surface area contributed by atoms with Gasteiger partial charge in [0.1, 0.15) is 6.10 Å². The first-order valence-corrected chi connectivity index (χ1v) is 9.56. The molecule has 0 radical (unpaired) electrons. The van der Waals surface area contributed by atoms with E-state index in [0.717, 1.165) is 70.3 Å². The second-order valence-electron chi connectivity index (χ2n) is 7.11. The Hall–Kier alpha value is -1.79. The van der Waals surface area contributed by atoms with Gasteiger partial charge in [0.15, 0.2) is 11.5 Å². The summed E-state index contributed by atoms with van der Waals surface area (Å²) in [6.07, 6.45) is 1.84. The molecule has 0 N–H and O–H groups in total. The van der Waals surface area contributed by atoms with Gasteiger partial charge in [-0.05, 0) is 12.1 Å². The second-order valence-corrected chi connectivity index (χ2v) is 7.11. The highest BCUT2D eigenvalue weighted by Crippen LogP contribution is 2.29. The van der Waals surface area contributed by atoms with E-state index in [4.69, 9.17) is 14.2 Å². The molecule has 6 nitrogen and oxygen atoms in total. The predicted octanol–water partition coefficient (Wildman–Crippen LogP) is 2.03. The van der Waals surface area contributed by atoms with Gasteiger partial charge in [-0.2, -0.15) is 0 Å². The highest BCUT2D eigenvalue weighted by molar-refractivity contribution is 5.78. The summed E-state index contributed by atoms with van der Waals surface area (Å²) in [6.45, 7) is 7.76. The molecule has 3 rings (SSSR count). The van der Waals surface area contributed by atoms with Gasteiger partial charge in [0.25, 0.3) is 0 Å². The largest absolute Gasteiger partial charge is 0.493 e. The molecular formula is C20H30N2O4. The molecule has 26 heavy (non-hydrogen) atoms. The summed E-state index contributed by atoms with van der Waals surface area (Å²) in [7, 11) is 1.65. The topological polar surface area (TPSA) is 51.2 Å². The van der Waals surface area contributed by atoms with Crippen molar-refractivity contribution in [2.75, 3.05) is 53.0 Å². The van der Waals surface area contributed by atoms with Gasteiger partial charge in [-0.25, -0.2) is 0 Å². The number of morpholine rings is 1. The minimum atomic E-state index is 0.0276. The van der Waals surface area contributed by atoms with E-state index in [1.165, 1.54) is 0 Å². The van der Waals surface area contributed by atoms with Crippen molar-refractivity contribution in [1.82, 2.24) is 9.80 Å². The van der Waals surface area contributed by atoms with Gasteiger partial charge in [-0.1, -0.05) is 19.1 Å². The van der Waals surface area contributed by atoms with Crippen LogP contribution in [0.1, 0.15) is 19.8 Å². The van der Waals surface area contributed by atoms with E-state index in [-0.39, 0.29) is 17.9 Å². The van der Waals surface area contributed by atoms with Crippen molar-refractivity contribution in [2.45, 2.75) is 25.9 Å². The Bertz CT molecular complexity index is 581. The summed E-state index contributed by atoms with van der Waals surface area (Å²) in [5.74, 6) is 1.82. The number of benzene rings is 1. The number of carbonyl (C=O) groups is 1. The monoisotopic (exact) mass is 362 g/mol.